The van der Waals surface area contributed by atoms with E-state index in [1.54, 1.807) is 6.07 Å². The summed E-state index contributed by atoms with van der Waals surface area (Å²) in [6.07, 6.45) is 2.72. The zero-order chi connectivity index (χ0) is 14.0. The van der Waals surface area contributed by atoms with Crippen LogP contribution in [0.4, 0.5) is 0 Å². The van der Waals surface area contributed by atoms with E-state index in [1.807, 2.05) is 13.0 Å². The molecule has 1 heterocycles. The predicted octanol–water partition coefficient (Wildman–Crippen LogP) is 4.75. The van der Waals surface area contributed by atoms with Crippen molar-refractivity contribution in [3.05, 3.63) is 27.7 Å². The Bertz CT molecular complexity index is 448. The Morgan fingerprint density at radius 1 is 1.32 bits per heavy atom. The van der Waals surface area contributed by atoms with Crippen molar-refractivity contribution in [2.24, 2.45) is 5.92 Å². The summed E-state index contributed by atoms with van der Waals surface area (Å²) >= 11 is 12.3. The van der Waals surface area contributed by atoms with Gasteiger partial charge in [-0.3, -0.25) is 0 Å². The lowest BCUT2D eigenvalue weighted by Gasteiger charge is -2.15. The lowest BCUT2D eigenvalue weighted by molar-refractivity contribution is 0.314. The van der Waals surface area contributed by atoms with Gasteiger partial charge < -0.3 is 9.47 Å². The minimum Gasteiger partial charge on any atom is -0.492 e. The second-order valence-corrected chi connectivity index (χ2v) is 5.88. The van der Waals surface area contributed by atoms with Crippen molar-refractivity contribution in [2.75, 3.05) is 6.61 Å². The molecule has 1 saturated heterocycles. The molecule has 4 heteroatoms. The molecule has 1 fully saturated rings. The summed E-state index contributed by atoms with van der Waals surface area (Å²) < 4.78 is 11.3. The Balaban J connectivity index is 2.14. The standard InChI is InChI=1S/C15H20Cl2O2/c1-4-13-14(19-13)9(3)6-10-7-11(16)8-12(17)15(10)18-5-2/h7-9,13-14H,4-6H2,1-3H3. The van der Waals surface area contributed by atoms with Gasteiger partial charge in [0.05, 0.1) is 23.8 Å². The first kappa shape index (κ1) is 15.0. The van der Waals surface area contributed by atoms with E-state index in [4.69, 9.17) is 32.7 Å². The van der Waals surface area contributed by atoms with Crippen LogP contribution < -0.4 is 4.74 Å². The topological polar surface area (TPSA) is 21.8 Å². The van der Waals surface area contributed by atoms with Crippen molar-refractivity contribution >= 4 is 23.2 Å². The third-order valence-corrected chi connectivity index (χ3v) is 4.00. The van der Waals surface area contributed by atoms with E-state index in [0.717, 1.165) is 24.2 Å². The summed E-state index contributed by atoms with van der Waals surface area (Å²) in [4.78, 5) is 0. The van der Waals surface area contributed by atoms with Gasteiger partial charge in [0, 0.05) is 5.02 Å². The molecule has 0 amide bonds. The van der Waals surface area contributed by atoms with Crippen LogP contribution in [-0.2, 0) is 11.2 Å². The molecule has 1 aliphatic heterocycles. The molecule has 3 atom stereocenters. The maximum Gasteiger partial charge on any atom is 0.141 e. The fraction of sp³-hybridized carbons (Fsp3) is 0.600. The average molecular weight is 303 g/mol. The summed E-state index contributed by atoms with van der Waals surface area (Å²) in [5.74, 6) is 1.20. The second-order valence-electron chi connectivity index (χ2n) is 5.04. The lowest BCUT2D eigenvalue weighted by atomic mass is 9.95. The van der Waals surface area contributed by atoms with Gasteiger partial charge in [0.25, 0.3) is 0 Å². The summed E-state index contributed by atoms with van der Waals surface area (Å²) in [6, 6.07) is 3.67. The van der Waals surface area contributed by atoms with Crippen LogP contribution in [0.5, 0.6) is 5.75 Å². The molecule has 1 aromatic rings. The monoisotopic (exact) mass is 302 g/mol. The van der Waals surface area contributed by atoms with Gasteiger partial charge in [-0.05, 0) is 43.4 Å². The number of ether oxygens (including phenoxy) is 2. The molecule has 2 nitrogen and oxygen atoms in total. The first-order valence-electron chi connectivity index (χ1n) is 6.83. The third kappa shape index (κ3) is 3.56. The van der Waals surface area contributed by atoms with Gasteiger partial charge >= 0.3 is 0 Å². The molecule has 0 radical (unpaired) electrons. The zero-order valence-corrected chi connectivity index (χ0v) is 13.1. The quantitative estimate of drug-likeness (QED) is 0.707. The molecule has 0 N–H and O–H groups in total. The van der Waals surface area contributed by atoms with Gasteiger partial charge in [-0.2, -0.15) is 0 Å². The van der Waals surface area contributed by atoms with Gasteiger partial charge in [0.1, 0.15) is 5.75 Å². The number of hydrogen-bond donors (Lipinski definition) is 0. The summed E-state index contributed by atoms with van der Waals surface area (Å²) in [7, 11) is 0. The molecule has 2 rings (SSSR count). The average Bonchev–Trinajstić information content (AvgIpc) is 3.13. The Morgan fingerprint density at radius 3 is 2.63 bits per heavy atom. The highest BCUT2D eigenvalue weighted by Gasteiger charge is 2.41. The first-order valence-corrected chi connectivity index (χ1v) is 7.58. The van der Waals surface area contributed by atoms with Crippen LogP contribution in [0.1, 0.15) is 32.8 Å². The molecule has 0 saturated carbocycles. The van der Waals surface area contributed by atoms with E-state index < -0.39 is 0 Å². The first-order chi connectivity index (χ1) is 9.06. The molecule has 0 spiro atoms. The minimum absolute atomic E-state index is 0.359. The molecule has 0 aromatic heterocycles. The number of benzene rings is 1. The van der Waals surface area contributed by atoms with E-state index in [-0.39, 0.29) is 0 Å². The number of epoxide rings is 1. The second kappa shape index (κ2) is 6.34. The molecular weight excluding hydrogens is 283 g/mol. The highest BCUT2D eigenvalue weighted by Crippen LogP contribution is 2.38. The highest BCUT2D eigenvalue weighted by molar-refractivity contribution is 6.35. The van der Waals surface area contributed by atoms with Crippen LogP contribution >= 0.6 is 23.2 Å². The van der Waals surface area contributed by atoms with E-state index >= 15 is 0 Å². The van der Waals surface area contributed by atoms with Gasteiger partial charge in [0.2, 0.25) is 0 Å². The highest BCUT2D eigenvalue weighted by atomic mass is 35.5. The number of rotatable bonds is 6. The Morgan fingerprint density at radius 2 is 2.05 bits per heavy atom. The normalized spacial score (nSPS) is 23.2. The van der Waals surface area contributed by atoms with Crippen LogP contribution in [0.25, 0.3) is 0 Å². The maximum atomic E-state index is 6.21. The van der Waals surface area contributed by atoms with Gasteiger partial charge in [-0.15, -0.1) is 0 Å². The molecule has 106 valence electrons. The molecule has 0 bridgehead atoms. The van der Waals surface area contributed by atoms with Crippen LogP contribution in [-0.4, -0.2) is 18.8 Å². The van der Waals surface area contributed by atoms with E-state index in [1.165, 1.54) is 0 Å². The fourth-order valence-corrected chi connectivity index (χ4v) is 3.11. The van der Waals surface area contributed by atoms with Crippen LogP contribution in [0.2, 0.25) is 10.0 Å². The largest absolute Gasteiger partial charge is 0.492 e. The molecule has 1 aliphatic rings. The SMILES string of the molecule is CCOc1c(Cl)cc(Cl)cc1CC(C)C1OC1CC. The van der Waals surface area contributed by atoms with Crippen LogP contribution in [0.3, 0.4) is 0 Å². The minimum atomic E-state index is 0.359. The molecule has 1 aromatic carbocycles. The van der Waals surface area contributed by atoms with Crippen molar-refractivity contribution in [3.63, 3.8) is 0 Å². The molecular formula is C15H20Cl2O2. The molecule has 0 aliphatic carbocycles. The van der Waals surface area contributed by atoms with Crippen LogP contribution in [0.15, 0.2) is 12.1 Å². The van der Waals surface area contributed by atoms with Gasteiger partial charge in [-0.1, -0.05) is 37.0 Å². The fourth-order valence-electron chi connectivity index (χ4n) is 2.52. The molecule has 3 unspecified atom stereocenters. The van der Waals surface area contributed by atoms with Crippen molar-refractivity contribution in [1.29, 1.82) is 0 Å². The zero-order valence-electron chi connectivity index (χ0n) is 11.6. The van der Waals surface area contributed by atoms with E-state index in [2.05, 4.69) is 13.8 Å². The van der Waals surface area contributed by atoms with E-state index in [9.17, 15) is 0 Å². The van der Waals surface area contributed by atoms with Gasteiger partial charge in [0.15, 0.2) is 0 Å². The molecule has 19 heavy (non-hydrogen) atoms. The van der Waals surface area contributed by atoms with E-state index in [0.29, 0.717) is 34.8 Å². The third-order valence-electron chi connectivity index (χ3n) is 3.50. The Kier molecular flexibility index (Phi) is 4.99. The summed E-state index contributed by atoms with van der Waals surface area (Å²) in [5.41, 5.74) is 1.07. The Hall–Kier alpha value is -0.440. The van der Waals surface area contributed by atoms with Crippen molar-refractivity contribution < 1.29 is 9.47 Å². The van der Waals surface area contributed by atoms with Crippen molar-refractivity contribution in [2.45, 2.75) is 45.8 Å². The summed E-state index contributed by atoms with van der Waals surface area (Å²) in [5, 5.41) is 1.24. The van der Waals surface area contributed by atoms with Crippen LogP contribution in [0, 0.1) is 5.92 Å². The smallest absolute Gasteiger partial charge is 0.141 e. The Labute approximate surface area is 125 Å². The van der Waals surface area contributed by atoms with Crippen molar-refractivity contribution in [3.8, 4) is 5.75 Å². The maximum absolute atomic E-state index is 6.21. The predicted molar refractivity (Wildman–Crippen MR) is 79.5 cm³/mol. The van der Waals surface area contributed by atoms with Gasteiger partial charge in [-0.25, -0.2) is 0 Å². The number of hydrogen-bond acceptors (Lipinski definition) is 2. The number of halogens is 2. The summed E-state index contributed by atoms with van der Waals surface area (Å²) in [6.45, 7) is 6.90. The lowest BCUT2D eigenvalue weighted by Crippen LogP contribution is -2.11. The van der Waals surface area contributed by atoms with Crippen molar-refractivity contribution in [1.82, 2.24) is 0 Å².